The van der Waals surface area contributed by atoms with Gasteiger partial charge in [-0.05, 0) is 26.2 Å². The minimum absolute atomic E-state index is 0.440. The molecule has 0 aliphatic rings. The van der Waals surface area contributed by atoms with Gasteiger partial charge < -0.3 is 0 Å². The molecule has 0 aromatic carbocycles. The Morgan fingerprint density at radius 2 is 1.90 bits per heavy atom. The zero-order valence-corrected chi connectivity index (χ0v) is 8.07. The van der Waals surface area contributed by atoms with Crippen molar-refractivity contribution < 1.29 is 0 Å². The molecule has 0 radical (unpaired) electrons. The van der Waals surface area contributed by atoms with Crippen LogP contribution in [0, 0.1) is 17.8 Å². The quantitative estimate of drug-likeness (QED) is 0.524. The highest BCUT2D eigenvalue weighted by molar-refractivity contribution is 4.81. The van der Waals surface area contributed by atoms with E-state index >= 15 is 0 Å². The number of hydrogen-bond donors (Lipinski definition) is 0. The molecule has 0 rings (SSSR count). The van der Waals surface area contributed by atoms with E-state index in [-0.39, 0.29) is 0 Å². The second kappa shape index (κ2) is 3.90. The Labute approximate surface area is 66.0 Å². The maximum absolute atomic E-state index is 2.32. The monoisotopic (exact) mass is 141 g/mol. The highest BCUT2D eigenvalue weighted by Gasteiger charge is 2.25. The summed E-state index contributed by atoms with van der Waals surface area (Å²) in [6.45, 7) is 11.3. The van der Waals surface area contributed by atoms with Crippen molar-refractivity contribution in [2.24, 2.45) is 11.3 Å². The SMILES string of the molecule is C[CH+]C(C)(C)CC(C)CC. The van der Waals surface area contributed by atoms with E-state index in [4.69, 9.17) is 0 Å². The first-order chi connectivity index (χ1) is 4.52. The Hall–Kier alpha value is -0.130. The molecule has 0 aliphatic heterocycles. The summed E-state index contributed by atoms with van der Waals surface area (Å²) in [5.74, 6) is 0.867. The average molecular weight is 141 g/mol. The lowest BCUT2D eigenvalue weighted by Crippen LogP contribution is -2.14. The summed E-state index contributed by atoms with van der Waals surface area (Å²) in [7, 11) is 0. The third-order valence-corrected chi connectivity index (χ3v) is 2.35. The van der Waals surface area contributed by atoms with Gasteiger partial charge in [-0.3, -0.25) is 0 Å². The van der Waals surface area contributed by atoms with Crippen molar-refractivity contribution >= 4 is 0 Å². The molecular formula is C10H21+. The highest BCUT2D eigenvalue weighted by Crippen LogP contribution is 2.28. The van der Waals surface area contributed by atoms with E-state index in [9.17, 15) is 0 Å². The van der Waals surface area contributed by atoms with Gasteiger partial charge in [-0.25, -0.2) is 0 Å². The van der Waals surface area contributed by atoms with Crippen molar-refractivity contribution in [1.29, 1.82) is 0 Å². The van der Waals surface area contributed by atoms with Gasteiger partial charge in [0.15, 0.2) is 0 Å². The molecule has 10 heavy (non-hydrogen) atoms. The molecule has 0 amide bonds. The zero-order chi connectivity index (χ0) is 8.20. The van der Waals surface area contributed by atoms with Crippen LogP contribution in [-0.2, 0) is 0 Å². The van der Waals surface area contributed by atoms with Crippen molar-refractivity contribution in [2.45, 2.75) is 47.5 Å². The first-order valence-corrected chi connectivity index (χ1v) is 4.32. The van der Waals surface area contributed by atoms with E-state index < -0.39 is 0 Å². The minimum Gasteiger partial charge on any atom is -0.0651 e. The van der Waals surface area contributed by atoms with Gasteiger partial charge in [-0.2, -0.15) is 0 Å². The molecule has 0 spiro atoms. The maximum Gasteiger partial charge on any atom is 0.102 e. The molecule has 0 nitrogen and oxygen atoms in total. The summed E-state index contributed by atoms with van der Waals surface area (Å²) in [5, 5.41) is 0. The van der Waals surface area contributed by atoms with E-state index in [0.29, 0.717) is 5.41 Å². The Balaban J connectivity index is 3.64. The molecule has 0 aliphatic carbocycles. The van der Waals surface area contributed by atoms with Gasteiger partial charge in [0.05, 0.1) is 13.3 Å². The predicted molar refractivity (Wildman–Crippen MR) is 47.8 cm³/mol. The fourth-order valence-electron chi connectivity index (χ4n) is 1.16. The Morgan fingerprint density at radius 3 is 2.20 bits per heavy atom. The van der Waals surface area contributed by atoms with Crippen LogP contribution in [0.3, 0.4) is 0 Å². The summed E-state index contributed by atoms with van der Waals surface area (Å²) in [4.78, 5) is 0. The van der Waals surface area contributed by atoms with Crippen molar-refractivity contribution in [2.75, 3.05) is 0 Å². The van der Waals surface area contributed by atoms with Crippen LogP contribution in [0.15, 0.2) is 0 Å². The van der Waals surface area contributed by atoms with Gasteiger partial charge in [0.2, 0.25) is 0 Å². The number of hydrogen-bond acceptors (Lipinski definition) is 0. The lowest BCUT2D eigenvalue weighted by Gasteiger charge is -2.18. The largest absolute Gasteiger partial charge is 0.102 e. The van der Waals surface area contributed by atoms with Crippen LogP contribution in [0.4, 0.5) is 0 Å². The Kier molecular flexibility index (Phi) is 3.85. The van der Waals surface area contributed by atoms with E-state index in [2.05, 4.69) is 41.0 Å². The first kappa shape index (κ1) is 9.87. The summed E-state index contributed by atoms with van der Waals surface area (Å²) < 4.78 is 0. The summed E-state index contributed by atoms with van der Waals surface area (Å²) in [5.41, 5.74) is 0.440. The molecule has 0 heterocycles. The minimum atomic E-state index is 0.440. The molecule has 0 saturated heterocycles. The second-order valence-corrected chi connectivity index (χ2v) is 3.99. The average Bonchev–Trinajstić information content (AvgIpc) is 1.87. The summed E-state index contributed by atoms with van der Waals surface area (Å²) >= 11 is 0. The van der Waals surface area contributed by atoms with Crippen molar-refractivity contribution in [3.63, 3.8) is 0 Å². The summed E-state index contributed by atoms with van der Waals surface area (Å²) in [6.07, 6.45) is 4.93. The maximum atomic E-state index is 2.32. The first-order valence-electron chi connectivity index (χ1n) is 4.32. The molecular weight excluding hydrogens is 120 g/mol. The zero-order valence-electron chi connectivity index (χ0n) is 8.07. The molecule has 0 saturated carbocycles. The molecule has 1 unspecified atom stereocenters. The van der Waals surface area contributed by atoms with Crippen LogP contribution in [0.1, 0.15) is 47.5 Å². The second-order valence-electron chi connectivity index (χ2n) is 3.99. The molecule has 1 atom stereocenters. The smallest absolute Gasteiger partial charge is 0.0651 e. The van der Waals surface area contributed by atoms with E-state index in [1.54, 1.807) is 0 Å². The Morgan fingerprint density at radius 1 is 1.40 bits per heavy atom. The summed E-state index contributed by atoms with van der Waals surface area (Å²) in [6, 6.07) is 0. The normalized spacial score (nSPS) is 14.9. The van der Waals surface area contributed by atoms with Crippen LogP contribution in [-0.4, -0.2) is 0 Å². The topological polar surface area (TPSA) is 0 Å². The lowest BCUT2D eigenvalue weighted by molar-refractivity contribution is 0.319. The molecule has 0 N–H and O–H groups in total. The van der Waals surface area contributed by atoms with Gasteiger partial charge in [0.1, 0.15) is 5.41 Å². The molecule has 0 heteroatoms. The Bertz CT molecular complexity index is 82.0. The van der Waals surface area contributed by atoms with Gasteiger partial charge in [0.25, 0.3) is 0 Å². The van der Waals surface area contributed by atoms with Gasteiger partial charge in [0, 0.05) is 0 Å². The van der Waals surface area contributed by atoms with Gasteiger partial charge in [-0.15, -0.1) is 0 Å². The van der Waals surface area contributed by atoms with Crippen LogP contribution < -0.4 is 0 Å². The van der Waals surface area contributed by atoms with E-state index in [1.165, 1.54) is 12.8 Å². The van der Waals surface area contributed by atoms with E-state index in [1.807, 2.05) is 0 Å². The van der Waals surface area contributed by atoms with Gasteiger partial charge >= 0.3 is 0 Å². The van der Waals surface area contributed by atoms with Crippen molar-refractivity contribution in [3.05, 3.63) is 6.42 Å². The van der Waals surface area contributed by atoms with Crippen LogP contribution in [0.25, 0.3) is 0 Å². The molecule has 0 aromatic heterocycles. The highest BCUT2D eigenvalue weighted by atomic mass is 14.2. The third-order valence-electron chi connectivity index (χ3n) is 2.35. The van der Waals surface area contributed by atoms with Crippen molar-refractivity contribution in [1.82, 2.24) is 0 Å². The third kappa shape index (κ3) is 3.81. The molecule has 0 aromatic rings. The molecule has 0 fully saturated rings. The van der Waals surface area contributed by atoms with Crippen LogP contribution in [0.5, 0.6) is 0 Å². The van der Waals surface area contributed by atoms with E-state index in [0.717, 1.165) is 5.92 Å². The lowest BCUT2D eigenvalue weighted by atomic mass is 9.80. The predicted octanol–water partition coefficient (Wildman–Crippen LogP) is 3.67. The fourth-order valence-corrected chi connectivity index (χ4v) is 1.16. The van der Waals surface area contributed by atoms with Crippen LogP contribution in [0.2, 0.25) is 0 Å². The van der Waals surface area contributed by atoms with Crippen molar-refractivity contribution in [3.8, 4) is 0 Å². The standard InChI is InChI=1S/C10H21/c1-6-9(3)8-10(4,5)7-2/h7,9H,6,8H2,1-5H3/q+1. The number of rotatable bonds is 4. The molecule has 60 valence electrons. The fraction of sp³-hybridized carbons (Fsp3) is 0.900. The molecule has 0 bridgehead atoms. The van der Waals surface area contributed by atoms with Crippen LogP contribution >= 0.6 is 0 Å². The van der Waals surface area contributed by atoms with Gasteiger partial charge in [-0.1, -0.05) is 20.3 Å².